The minimum Gasteiger partial charge on any atom is -0.400 e. The maximum atomic E-state index is 11.7. The summed E-state index contributed by atoms with van der Waals surface area (Å²) in [6, 6.07) is 13.6. The van der Waals surface area contributed by atoms with Crippen LogP contribution in [0, 0.1) is 10.1 Å². The van der Waals surface area contributed by atoms with Crippen molar-refractivity contribution in [1.29, 1.82) is 0 Å². The second kappa shape index (κ2) is 6.06. The highest BCUT2D eigenvalue weighted by atomic mass is 32.2. The molecule has 8 heteroatoms. The Balaban J connectivity index is 2.23. The molecule has 0 saturated heterocycles. The van der Waals surface area contributed by atoms with Crippen LogP contribution in [0.25, 0.3) is 22.1 Å². The van der Waals surface area contributed by atoms with E-state index in [0.29, 0.717) is 27.7 Å². The van der Waals surface area contributed by atoms with Gasteiger partial charge in [0.15, 0.2) is 0 Å². The zero-order chi connectivity index (χ0) is 17.3. The molecule has 0 fully saturated rings. The van der Waals surface area contributed by atoms with E-state index >= 15 is 0 Å². The lowest BCUT2D eigenvalue weighted by molar-refractivity contribution is -0.400. The first-order valence-electron chi connectivity index (χ1n) is 7.08. The minimum atomic E-state index is -3.44. The number of nitro groups is 1. The number of hydrogen-bond donors (Lipinski definition) is 1. The predicted octanol–water partition coefficient (Wildman–Crippen LogP) is 3.06. The summed E-state index contributed by atoms with van der Waals surface area (Å²) in [5.74, 6) is -0.572. The van der Waals surface area contributed by atoms with Gasteiger partial charge >= 0.3 is 5.88 Å². The quantitative estimate of drug-likeness (QED) is 0.565. The Morgan fingerprint density at radius 1 is 1.17 bits per heavy atom. The molecule has 124 valence electrons. The van der Waals surface area contributed by atoms with Crippen molar-refractivity contribution in [1.82, 2.24) is 4.72 Å². The van der Waals surface area contributed by atoms with Gasteiger partial charge in [-0.15, -0.1) is 0 Å². The van der Waals surface area contributed by atoms with E-state index in [1.165, 1.54) is 7.05 Å². The van der Waals surface area contributed by atoms with Gasteiger partial charge in [-0.1, -0.05) is 36.4 Å². The molecule has 0 unspecified atom stereocenters. The predicted molar refractivity (Wildman–Crippen MR) is 90.0 cm³/mol. The van der Waals surface area contributed by atoms with Crippen molar-refractivity contribution in [3.05, 3.63) is 64.2 Å². The van der Waals surface area contributed by atoms with Gasteiger partial charge in [0.05, 0.1) is 5.75 Å². The molecule has 0 bridgehead atoms. The fraction of sp³-hybridized carbons (Fsp3) is 0.125. The van der Waals surface area contributed by atoms with E-state index in [-0.39, 0.29) is 11.6 Å². The van der Waals surface area contributed by atoms with E-state index in [9.17, 15) is 18.5 Å². The third kappa shape index (κ3) is 3.01. The topological polar surface area (TPSA) is 102 Å². The van der Waals surface area contributed by atoms with E-state index in [4.69, 9.17) is 4.42 Å². The average Bonchev–Trinajstić information content (AvgIpc) is 2.94. The fourth-order valence-corrected chi connectivity index (χ4v) is 3.29. The van der Waals surface area contributed by atoms with E-state index in [1.54, 1.807) is 42.5 Å². The minimum absolute atomic E-state index is 0.216. The summed E-state index contributed by atoms with van der Waals surface area (Å²) >= 11 is 0. The summed E-state index contributed by atoms with van der Waals surface area (Å²) in [5.41, 5.74) is 1.84. The third-order valence-corrected chi connectivity index (χ3v) is 4.97. The van der Waals surface area contributed by atoms with Crippen LogP contribution in [0.5, 0.6) is 0 Å². The van der Waals surface area contributed by atoms with Crippen molar-refractivity contribution >= 4 is 26.9 Å². The molecule has 1 N–H and O–H groups in total. The Hall–Kier alpha value is -2.71. The Kier molecular flexibility index (Phi) is 4.08. The molecule has 0 atom stereocenters. The number of sulfonamides is 1. The highest BCUT2D eigenvalue weighted by molar-refractivity contribution is 7.88. The summed E-state index contributed by atoms with van der Waals surface area (Å²) in [7, 11) is -2.10. The summed E-state index contributed by atoms with van der Waals surface area (Å²) in [4.78, 5) is 10.8. The molecule has 0 aliphatic heterocycles. The number of rotatable bonds is 5. The normalized spacial score (nSPS) is 11.7. The highest BCUT2D eigenvalue weighted by Gasteiger charge is 2.25. The molecule has 0 spiro atoms. The summed E-state index contributed by atoms with van der Waals surface area (Å²) in [6.07, 6.45) is 0. The van der Waals surface area contributed by atoms with Crippen molar-refractivity contribution in [3.8, 4) is 11.1 Å². The van der Waals surface area contributed by atoms with Gasteiger partial charge < -0.3 is 4.42 Å². The number of hydrogen-bond acceptors (Lipinski definition) is 5. The molecule has 0 radical (unpaired) electrons. The SMILES string of the molecule is CNS(=O)(=O)Cc1ccc2oc([N+](=O)[O-])c(-c3ccccc3)c2c1. The molecule has 24 heavy (non-hydrogen) atoms. The first-order chi connectivity index (χ1) is 11.4. The maximum Gasteiger partial charge on any atom is 0.442 e. The highest BCUT2D eigenvalue weighted by Crippen LogP contribution is 2.40. The van der Waals surface area contributed by atoms with Gasteiger partial charge in [-0.2, -0.15) is 0 Å². The molecule has 0 aliphatic rings. The van der Waals surface area contributed by atoms with Gasteiger partial charge in [0, 0.05) is 5.39 Å². The van der Waals surface area contributed by atoms with Crippen LogP contribution in [-0.4, -0.2) is 20.4 Å². The van der Waals surface area contributed by atoms with Crippen LogP contribution in [0.3, 0.4) is 0 Å². The van der Waals surface area contributed by atoms with Crippen molar-refractivity contribution in [2.75, 3.05) is 7.05 Å². The first-order valence-corrected chi connectivity index (χ1v) is 8.73. The molecule has 2 aromatic carbocycles. The zero-order valence-corrected chi connectivity index (χ0v) is 13.5. The number of furan rings is 1. The Bertz CT molecular complexity index is 1010. The Labute approximate surface area is 138 Å². The van der Waals surface area contributed by atoms with Crippen LogP contribution in [-0.2, 0) is 15.8 Å². The summed E-state index contributed by atoms with van der Waals surface area (Å²) in [6.45, 7) is 0. The monoisotopic (exact) mass is 346 g/mol. The van der Waals surface area contributed by atoms with Crippen LogP contribution < -0.4 is 4.72 Å². The summed E-state index contributed by atoms with van der Waals surface area (Å²) in [5, 5.41) is 11.8. The molecule has 0 aliphatic carbocycles. The maximum absolute atomic E-state index is 11.7. The third-order valence-electron chi connectivity index (χ3n) is 3.63. The fourth-order valence-electron chi connectivity index (χ4n) is 2.53. The molecule has 0 amide bonds. The van der Waals surface area contributed by atoms with Gasteiger partial charge in [0.1, 0.15) is 16.1 Å². The molecule has 1 aromatic heterocycles. The zero-order valence-electron chi connectivity index (χ0n) is 12.7. The van der Waals surface area contributed by atoms with Gasteiger partial charge in [-0.05, 0) is 30.3 Å². The lowest BCUT2D eigenvalue weighted by Crippen LogP contribution is -2.20. The molecular weight excluding hydrogens is 332 g/mol. The van der Waals surface area contributed by atoms with Crippen molar-refractivity contribution in [2.24, 2.45) is 0 Å². The largest absolute Gasteiger partial charge is 0.442 e. The van der Waals surface area contributed by atoms with Crippen LogP contribution in [0.1, 0.15) is 5.56 Å². The van der Waals surface area contributed by atoms with E-state index < -0.39 is 14.9 Å². The van der Waals surface area contributed by atoms with Crippen LogP contribution >= 0.6 is 0 Å². The molecule has 3 rings (SSSR count). The smallest absolute Gasteiger partial charge is 0.400 e. The number of nitrogens with one attached hydrogen (secondary N) is 1. The van der Waals surface area contributed by atoms with Gasteiger partial charge in [0.25, 0.3) is 0 Å². The second-order valence-electron chi connectivity index (χ2n) is 5.20. The van der Waals surface area contributed by atoms with E-state index in [0.717, 1.165) is 0 Å². The van der Waals surface area contributed by atoms with Gasteiger partial charge in [-0.25, -0.2) is 13.1 Å². The van der Waals surface area contributed by atoms with Crippen molar-refractivity contribution in [2.45, 2.75) is 5.75 Å². The number of fused-ring (bicyclic) bond motifs is 1. The van der Waals surface area contributed by atoms with Crippen LogP contribution in [0.2, 0.25) is 0 Å². The van der Waals surface area contributed by atoms with Gasteiger partial charge in [-0.3, -0.25) is 10.1 Å². The van der Waals surface area contributed by atoms with Crippen LogP contribution in [0.15, 0.2) is 52.9 Å². The Morgan fingerprint density at radius 3 is 2.50 bits per heavy atom. The lowest BCUT2D eigenvalue weighted by atomic mass is 10.0. The standard InChI is InChI=1S/C16H14N2O5S/c1-17-24(21,22)10-11-7-8-14-13(9-11)15(16(23-14)18(19)20)12-5-3-2-4-6-12/h2-9,17H,10H2,1H3. The van der Waals surface area contributed by atoms with Gasteiger partial charge in [0.2, 0.25) is 10.0 Å². The lowest BCUT2D eigenvalue weighted by Gasteiger charge is -2.03. The molecule has 7 nitrogen and oxygen atoms in total. The van der Waals surface area contributed by atoms with Crippen molar-refractivity contribution in [3.63, 3.8) is 0 Å². The average molecular weight is 346 g/mol. The second-order valence-corrected chi connectivity index (χ2v) is 7.13. The summed E-state index contributed by atoms with van der Waals surface area (Å²) < 4.78 is 31.1. The number of nitrogens with zero attached hydrogens (tertiary/aromatic N) is 1. The van der Waals surface area contributed by atoms with E-state index in [2.05, 4.69) is 4.72 Å². The number of benzene rings is 2. The molecular formula is C16H14N2O5S. The first kappa shape index (κ1) is 16.2. The molecule has 0 saturated carbocycles. The van der Waals surface area contributed by atoms with Crippen molar-refractivity contribution < 1.29 is 17.8 Å². The molecule has 1 heterocycles. The van der Waals surface area contributed by atoms with Crippen LogP contribution in [0.4, 0.5) is 5.88 Å². The molecule has 3 aromatic rings. The Morgan fingerprint density at radius 2 is 1.88 bits per heavy atom. The van der Waals surface area contributed by atoms with E-state index in [1.807, 2.05) is 6.07 Å².